The molecule has 0 aliphatic rings. The number of phenols is 3. The standard InChI is InChI=1S/C15H12O6/c1-21-9-3-5-11(13(18)7-9)15(20)14(19)10-4-2-8(16)6-12(10)17/h2-7,16-18H,1H3. The number of rotatable bonds is 4. The van der Waals surface area contributed by atoms with Crippen LogP contribution in [0.4, 0.5) is 0 Å². The zero-order valence-corrected chi connectivity index (χ0v) is 11.0. The number of hydrogen-bond acceptors (Lipinski definition) is 6. The second kappa shape index (κ2) is 5.54. The van der Waals surface area contributed by atoms with E-state index in [0.717, 1.165) is 12.1 Å². The van der Waals surface area contributed by atoms with Crippen molar-refractivity contribution in [2.75, 3.05) is 7.11 Å². The fourth-order valence-corrected chi connectivity index (χ4v) is 1.79. The Morgan fingerprint density at radius 1 is 0.857 bits per heavy atom. The molecule has 0 saturated carbocycles. The van der Waals surface area contributed by atoms with Crippen LogP contribution in [0.25, 0.3) is 0 Å². The van der Waals surface area contributed by atoms with Gasteiger partial charge in [-0.05, 0) is 24.3 Å². The predicted octanol–water partition coefficient (Wildman–Crippen LogP) is 1.88. The molecule has 0 heterocycles. The Labute approximate surface area is 119 Å². The summed E-state index contributed by atoms with van der Waals surface area (Å²) in [6.45, 7) is 0. The van der Waals surface area contributed by atoms with Crippen molar-refractivity contribution in [3.8, 4) is 23.0 Å². The third-order valence-electron chi connectivity index (χ3n) is 2.88. The Morgan fingerprint density at radius 2 is 1.38 bits per heavy atom. The van der Waals surface area contributed by atoms with Crippen LogP contribution in [0.3, 0.4) is 0 Å². The molecule has 0 radical (unpaired) electrons. The summed E-state index contributed by atoms with van der Waals surface area (Å²) in [5.74, 6) is -2.77. The van der Waals surface area contributed by atoms with Crippen molar-refractivity contribution in [1.29, 1.82) is 0 Å². The highest BCUT2D eigenvalue weighted by Crippen LogP contribution is 2.27. The molecule has 0 amide bonds. The molecule has 6 nitrogen and oxygen atoms in total. The van der Waals surface area contributed by atoms with Gasteiger partial charge in [-0.25, -0.2) is 0 Å². The van der Waals surface area contributed by atoms with Crippen LogP contribution in [0.1, 0.15) is 20.7 Å². The van der Waals surface area contributed by atoms with Gasteiger partial charge in [0, 0.05) is 12.1 Å². The number of ether oxygens (including phenoxy) is 1. The number of phenolic OH excluding ortho intramolecular Hbond substituents is 3. The molecule has 2 rings (SSSR count). The highest BCUT2D eigenvalue weighted by molar-refractivity contribution is 6.50. The average molecular weight is 288 g/mol. The molecule has 0 aliphatic carbocycles. The summed E-state index contributed by atoms with van der Waals surface area (Å²) in [7, 11) is 1.40. The normalized spacial score (nSPS) is 10.1. The summed E-state index contributed by atoms with van der Waals surface area (Å²) in [6.07, 6.45) is 0. The van der Waals surface area contributed by atoms with Crippen LogP contribution in [0.2, 0.25) is 0 Å². The van der Waals surface area contributed by atoms with Gasteiger partial charge in [0.05, 0.1) is 18.2 Å². The van der Waals surface area contributed by atoms with Gasteiger partial charge >= 0.3 is 0 Å². The van der Waals surface area contributed by atoms with Gasteiger partial charge in [-0.15, -0.1) is 0 Å². The van der Waals surface area contributed by atoms with Crippen molar-refractivity contribution >= 4 is 11.6 Å². The van der Waals surface area contributed by atoms with Crippen LogP contribution in [0.15, 0.2) is 36.4 Å². The summed E-state index contributed by atoms with van der Waals surface area (Å²) in [6, 6.07) is 7.15. The van der Waals surface area contributed by atoms with E-state index in [4.69, 9.17) is 9.84 Å². The van der Waals surface area contributed by atoms with E-state index < -0.39 is 23.1 Å². The van der Waals surface area contributed by atoms with Crippen LogP contribution >= 0.6 is 0 Å². The van der Waals surface area contributed by atoms with Crippen molar-refractivity contribution in [3.05, 3.63) is 47.5 Å². The molecule has 6 heteroatoms. The van der Waals surface area contributed by atoms with Crippen molar-refractivity contribution < 1.29 is 29.6 Å². The van der Waals surface area contributed by atoms with E-state index in [2.05, 4.69) is 0 Å². The molecule has 0 unspecified atom stereocenters. The predicted molar refractivity (Wildman–Crippen MR) is 73.1 cm³/mol. The van der Waals surface area contributed by atoms with E-state index >= 15 is 0 Å². The van der Waals surface area contributed by atoms with Gasteiger partial charge in [-0.2, -0.15) is 0 Å². The Balaban J connectivity index is 2.37. The minimum Gasteiger partial charge on any atom is -0.508 e. The van der Waals surface area contributed by atoms with E-state index in [1.165, 1.54) is 31.4 Å². The lowest BCUT2D eigenvalue weighted by atomic mass is 10.00. The molecule has 0 aliphatic heterocycles. The first-order valence-electron chi connectivity index (χ1n) is 5.92. The van der Waals surface area contributed by atoms with E-state index in [-0.39, 0.29) is 16.9 Å². The van der Waals surface area contributed by atoms with Gasteiger partial charge in [0.15, 0.2) is 0 Å². The molecule has 0 saturated heterocycles. The fraction of sp³-hybridized carbons (Fsp3) is 0.0667. The monoisotopic (exact) mass is 288 g/mol. The summed E-state index contributed by atoms with van der Waals surface area (Å²) < 4.78 is 4.88. The molecule has 0 bridgehead atoms. The number of aromatic hydroxyl groups is 3. The molecule has 108 valence electrons. The maximum atomic E-state index is 12.1. The summed E-state index contributed by atoms with van der Waals surface area (Å²) in [5, 5.41) is 28.5. The molecule has 0 atom stereocenters. The molecule has 3 N–H and O–H groups in total. The molecule has 0 spiro atoms. The third kappa shape index (κ3) is 2.79. The van der Waals surface area contributed by atoms with E-state index in [1.807, 2.05) is 0 Å². The summed E-state index contributed by atoms with van der Waals surface area (Å²) in [4.78, 5) is 24.1. The van der Waals surface area contributed by atoms with Crippen molar-refractivity contribution in [2.45, 2.75) is 0 Å². The minimum atomic E-state index is -0.993. The average Bonchev–Trinajstić information content (AvgIpc) is 2.45. The van der Waals surface area contributed by atoms with Gasteiger partial charge in [-0.1, -0.05) is 0 Å². The molecule has 2 aromatic rings. The highest BCUT2D eigenvalue weighted by atomic mass is 16.5. The maximum absolute atomic E-state index is 12.1. The topological polar surface area (TPSA) is 104 Å². The zero-order chi connectivity index (χ0) is 15.6. The largest absolute Gasteiger partial charge is 0.508 e. The number of methoxy groups -OCH3 is 1. The second-order valence-corrected chi connectivity index (χ2v) is 4.24. The van der Waals surface area contributed by atoms with Gasteiger partial charge in [-0.3, -0.25) is 9.59 Å². The molecule has 21 heavy (non-hydrogen) atoms. The first-order valence-corrected chi connectivity index (χ1v) is 5.92. The summed E-state index contributed by atoms with van der Waals surface area (Å²) >= 11 is 0. The number of Topliss-reactive ketones (excluding diaryl/α,β-unsaturated/α-hetero) is 2. The van der Waals surface area contributed by atoms with Crippen molar-refractivity contribution in [1.82, 2.24) is 0 Å². The number of ketones is 2. The Kier molecular flexibility index (Phi) is 3.80. The van der Waals surface area contributed by atoms with Crippen molar-refractivity contribution in [2.24, 2.45) is 0 Å². The van der Waals surface area contributed by atoms with Crippen LogP contribution in [0.5, 0.6) is 23.0 Å². The number of carbonyl (C=O) groups is 2. The second-order valence-electron chi connectivity index (χ2n) is 4.24. The van der Waals surface area contributed by atoms with Gasteiger partial charge in [0.25, 0.3) is 0 Å². The first kappa shape index (κ1) is 14.4. The van der Waals surface area contributed by atoms with Gasteiger partial charge < -0.3 is 20.1 Å². The lowest BCUT2D eigenvalue weighted by Crippen LogP contribution is -2.14. The molecule has 0 fully saturated rings. The zero-order valence-electron chi connectivity index (χ0n) is 11.0. The van der Waals surface area contributed by atoms with Gasteiger partial charge in [0.1, 0.15) is 23.0 Å². The van der Waals surface area contributed by atoms with Crippen LogP contribution < -0.4 is 4.74 Å². The maximum Gasteiger partial charge on any atom is 0.237 e. The molecule has 2 aromatic carbocycles. The fourth-order valence-electron chi connectivity index (χ4n) is 1.79. The number of benzene rings is 2. The summed E-state index contributed by atoms with van der Waals surface area (Å²) in [5.41, 5.74) is -0.457. The molecular formula is C15H12O6. The highest BCUT2D eigenvalue weighted by Gasteiger charge is 2.24. The lowest BCUT2D eigenvalue weighted by molar-refractivity contribution is 0.0813. The Hall–Kier alpha value is -3.02. The smallest absolute Gasteiger partial charge is 0.237 e. The molecule has 0 aromatic heterocycles. The Bertz CT molecular complexity index is 720. The van der Waals surface area contributed by atoms with E-state index in [0.29, 0.717) is 5.75 Å². The Morgan fingerprint density at radius 3 is 1.86 bits per heavy atom. The van der Waals surface area contributed by atoms with E-state index in [9.17, 15) is 19.8 Å². The quantitative estimate of drug-likeness (QED) is 0.586. The van der Waals surface area contributed by atoms with Gasteiger partial charge in [0.2, 0.25) is 11.6 Å². The number of carbonyl (C=O) groups excluding carboxylic acids is 2. The molecular weight excluding hydrogens is 276 g/mol. The lowest BCUT2D eigenvalue weighted by Gasteiger charge is -2.07. The number of hydrogen-bond donors (Lipinski definition) is 3. The van der Waals surface area contributed by atoms with Crippen molar-refractivity contribution in [3.63, 3.8) is 0 Å². The minimum absolute atomic E-state index is 0.201. The van der Waals surface area contributed by atoms with Crippen LogP contribution in [0, 0.1) is 0 Å². The third-order valence-corrected chi connectivity index (χ3v) is 2.88. The first-order chi connectivity index (χ1) is 9.93. The SMILES string of the molecule is COc1ccc(C(=O)C(=O)c2ccc(O)cc2O)c(O)c1. The van der Waals surface area contributed by atoms with Crippen LogP contribution in [-0.4, -0.2) is 34.0 Å². The van der Waals surface area contributed by atoms with Crippen LogP contribution in [-0.2, 0) is 0 Å². The van der Waals surface area contributed by atoms with E-state index in [1.54, 1.807) is 0 Å².